The number of hydrogen-bond acceptors (Lipinski definition) is 4. The zero-order valence-corrected chi connectivity index (χ0v) is 11.3. The van der Waals surface area contributed by atoms with Gasteiger partial charge in [-0.15, -0.1) is 0 Å². The number of pyridine rings is 1. The third-order valence-corrected chi connectivity index (χ3v) is 2.64. The van der Waals surface area contributed by atoms with Gasteiger partial charge in [0.25, 0.3) is 0 Å². The van der Waals surface area contributed by atoms with Crippen LogP contribution in [0.4, 0.5) is 5.82 Å². The normalized spacial score (nSPS) is 10.7. The number of rotatable bonds is 6. The summed E-state index contributed by atoms with van der Waals surface area (Å²) in [4.78, 5) is 17.5. The molecule has 0 radical (unpaired) electrons. The maximum Gasteiger partial charge on any atom is 0.335 e. The van der Waals surface area contributed by atoms with E-state index in [0.717, 1.165) is 0 Å². The van der Waals surface area contributed by atoms with Crippen molar-refractivity contribution in [2.75, 3.05) is 25.2 Å². The summed E-state index contributed by atoms with van der Waals surface area (Å²) >= 11 is 0. The third-order valence-electron chi connectivity index (χ3n) is 2.64. The van der Waals surface area contributed by atoms with Gasteiger partial charge in [0.15, 0.2) is 0 Å². The lowest BCUT2D eigenvalue weighted by Gasteiger charge is -2.28. The summed E-state index contributed by atoms with van der Waals surface area (Å²) < 4.78 is 5.07. The predicted molar refractivity (Wildman–Crippen MR) is 70.3 cm³/mol. The first kappa shape index (κ1) is 14.4. The molecule has 1 aromatic heterocycles. The summed E-state index contributed by atoms with van der Waals surface area (Å²) in [5, 5.41) is 9.06. The van der Waals surface area contributed by atoms with Gasteiger partial charge < -0.3 is 14.7 Å². The Balaban J connectivity index is 3.07. The van der Waals surface area contributed by atoms with Gasteiger partial charge in [0.2, 0.25) is 0 Å². The van der Waals surface area contributed by atoms with E-state index in [4.69, 9.17) is 9.84 Å². The van der Waals surface area contributed by atoms with Gasteiger partial charge in [-0.2, -0.15) is 0 Å². The van der Waals surface area contributed by atoms with Crippen molar-refractivity contribution in [2.45, 2.75) is 26.8 Å². The Morgan fingerprint density at radius 2 is 2.17 bits per heavy atom. The van der Waals surface area contributed by atoms with Crippen LogP contribution in [0.2, 0.25) is 0 Å². The predicted octanol–water partition coefficient (Wildman–Crippen LogP) is 1.95. The summed E-state index contributed by atoms with van der Waals surface area (Å²) in [6, 6.07) is 3.40. The first-order valence-electron chi connectivity index (χ1n) is 5.93. The summed E-state index contributed by atoms with van der Waals surface area (Å²) in [6.45, 7) is 7.14. The SMILES string of the molecule is COCCN(c1cc(C(=O)O)cc(C)n1)C(C)C. The van der Waals surface area contributed by atoms with E-state index >= 15 is 0 Å². The Morgan fingerprint density at radius 3 is 2.67 bits per heavy atom. The highest BCUT2D eigenvalue weighted by atomic mass is 16.5. The minimum Gasteiger partial charge on any atom is -0.478 e. The molecule has 0 atom stereocenters. The van der Waals surface area contributed by atoms with Gasteiger partial charge in [-0.05, 0) is 32.9 Å². The Morgan fingerprint density at radius 1 is 1.50 bits per heavy atom. The molecule has 1 heterocycles. The molecule has 0 amide bonds. The number of aromatic nitrogens is 1. The number of methoxy groups -OCH3 is 1. The first-order valence-corrected chi connectivity index (χ1v) is 5.93. The van der Waals surface area contributed by atoms with Crippen LogP contribution in [0.1, 0.15) is 29.9 Å². The molecule has 0 saturated carbocycles. The monoisotopic (exact) mass is 252 g/mol. The number of hydrogen-bond donors (Lipinski definition) is 1. The second-order valence-electron chi connectivity index (χ2n) is 4.44. The number of carboxylic acid groups (broad SMARTS) is 1. The van der Waals surface area contributed by atoms with E-state index in [9.17, 15) is 4.79 Å². The smallest absolute Gasteiger partial charge is 0.335 e. The van der Waals surface area contributed by atoms with E-state index in [1.807, 2.05) is 18.7 Å². The standard InChI is InChI=1S/C13H20N2O3/c1-9(2)15(5-6-18-4)12-8-11(13(16)17)7-10(3)14-12/h7-9H,5-6H2,1-4H3,(H,16,17). The van der Waals surface area contributed by atoms with Gasteiger partial charge in [0, 0.05) is 25.4 Å². The highest BCUT2D eigenvalue weighted by Crippen LogP contribution is 2.17. The van der Waals surface area contributed by atoms with Gasteiger partial charge in [-0.3, -0.25) is 0 Å². The van der Waals surface area contributed by atoms with Crippen LogP contribution in [-0.4, -0.2) is 42.4 Å². The van der Waals surface area contributed by atoms with Crippen LogP contribution in [0.25, 0.3) is 0 Å². The number of aromatic carboxylic acids is 1. The van der Waals surface area contributed by atoms with Crippen molar-refractivity contribution in [2.24, 2.45) is 0 Å². The van der Waals surface area contributed by atoms with Crippen LogP contribution in [-0.2, 0) is 4.74 Å². The molecule has 5 heteroatoms. The second-order valence-corrected chi connectivity index (χ2v) is 4.44. The molecule has 0 saturated heterocycles. The van der Waals surface area contributed by atoms with E-state index in [0.29, 0.717) is 24.7 Å². The summed E-state index contributed by atoms with van der Waals surface area (Å²) in [7, 11) is 1.64. The summed E-state index contributed by atoms with van der Waals surface area (Å²) in [5.74, 6) is -0.253. The molecule has 0 aliphatic carbocycles. The molecule has 0 unspecified atom stereocenters. The average Bonchev–Trinajstić information content (AvgIpc) is 2.28. The van der Waals surface area contributed by atoms with Crippen LogP contribution >= 0.6 is 0 Å². The second kappa shape index (κ2) is 6.35. The Kier molecular flexibility index (Phi) is 5.09. The van der Waals surface area contributed by atoms with E-state index < -0.39 is 5.97 Å². The van der Waals surface area contributed by atoms with Gasteiger partial charge >= 0.3 is 5.97 Å². The lowest BCUT2D eigenvalue weighted by Crippen LogP contribution is -2.34. The number of ether oxygens (including phenoxy) is 1. The number of nitrogens with zero attached hydrogens (tertiary/aromatic N) is 2. The molecule has 0 bridgehead atoms. The highest BCUT2D eigenvalue weighted by Gasteiger charge is 2.15. The Labute approximate surface area is 107 Å². The molecular weight excluding hydrogens is 232 g/mol. The van der Waals surface area contributed by atoms with E-state index in [-0.39, 0.29) is 11.6 Å². The lowest BCUT2D eigenvalue weighted by molar-refractivity contribution is 0.0696. The number of carbonyl (C=O) groups is 1. The average molecular weight is 252 g/mol. The molecular formula is C13H20N2O3. The van der Waals surface area contributed by atoms with Crippen molar-refractivity contribution in [3.8, 4) is 0 Å². The maximum atomic E-state index is 11.0. The molecule has 100 valence electrons. The van der Waals surface area contributed by atoms with Crippen molar-refractivity contribution < 1.29 is 14.6 Å². The van der Waals surface area contributed by atoms with Crippen molar-refractivity contribution in [1.29, 1.82) is 0 Å². The van der Waals surface area contributed by atoms with E-state index in [1.54, 1.807) is 26.2 Å². The van der Waals surface area contributed by atoms with Crippen LogP contribution in [0.5, 0.6) is 0 Å². The number of carboxylic acids is 1. The Hall–Kier alpha value is -1.62. The summed E-state index contributed by atoms with van der Waals surface area (Å²) in [6.07, 6.45) is 0. The summed E-state index contributed by atoms with van der Waals surface area (Å²) in [5.41, 5.74) is 0.966. The highest BCUT2D eigenvalue weighted by molar-refractivity contribution is 5.88. The van der Waals surface area contributed by atoms with Crippen LogP contribution < -0.4 is 4.90 Å². The molecule has 18 heavy (non-hydrogen) atoms. The molecule has 0 fully saturated rings. The third kappa shape index (κ3) is 3.70. The molecule has 5 nitrogen and oxygen atoms in total. The van der Waals surface area contributed by atoms with Crippen molar-refractivity contribution >= 4 is 11.8 Å². The molecule has 0 aromatic carbocycles. The minimum absolute atomic E-state index is 0.232. The van der Waals surface area contributed by atoms with Gasteiger partial charge in [-0.25, -0.2) is 9.78 Å². The van der Waals surface area contributed by atoms with Gasteiger partial charge in [-0.1, -0.05) is 0 Å². The van der Waals surface area contributed by atoms with Crippen molar-refractivity contribution in [1.82, 2.24) is 4.98 Å². The first-order chi connectivity index (χ1) is 8.45. The molecule has 1 N–H and O–H groups in total. The quantitative estimate of drug-likeness (QED) is 0.838. The maximum absolute atomic E-state index is 11.0. The number of anilines is 1. The van der Waals surface area contributed by atoms with Crippen LogP contribution in [0.3, 0.4) is 0 Å². The van der Waals surface area contributed by atoms with E-state index in [2.05, 4.69) is 4.98 Å². The van der Waals surface area contributed by atoms with Gasteiger partial charge in [0.05, 0.1) is 12.2 Å². The fraction of sp³-hybridized carbons (Fsp3) is 0.538. The van der Waals surface area contributed by atoms with E-state index in [1.165, 1.54) is 0 Å². The van der Waals surface area contributed by atoms with Crippen LogP contribution in [0, 0.1) is 6.92 Å². The molecule has 0 aliphatic heterocycles. The molecule has 1 rings (SSSR count). The molecule has 1 aromatic rings. The lowest BCUT2D eigenvalue weighted by atomic mass is 10.2. The topological polar surface area (TPSA) is 62.7 Å². The zero-order chi connectivity index (χ0) is 13.7. The fourth-order valence-electron chi connectivity index (χ4n) is 1.75. The fourth-order valence-corrected chi connectivity index (χ4v) is 1.75. The van der Waals surface area contributed by atoms with Crippen molar-refractivity contribution in [3.63, 3.8) is 0 Å². The van der Waals surface area contributed by atoms with Crippen molar-refractivity contribution in [3.05, 3.63) is 23.4 Å². The minimum atomic E-state index is -0.933. The molecule has 0 spiro atoms. The number of aryl methyl sites for hydroxylation is 1. The Bertz CT molecular complexity index is 419. The molecule has 0 aliphatic rings. The van der Waals surface area contributed by atoms with Gasteiger partial charge in [0.1, 0.15) is 5.82 Å². The zero-order valence-electron chi connectivity index (χ0n) is 11.3. The largest absolute Gasteiger partial charge is 0.478 e. The van der Waals surface area contributed by atoms with Crippen LogP contribution in [0.15, 0.2) is 12.1 Å².